The van der Waals surface area contributed by atoms with Crippen LogP contribution in [0.1, 0.15) is 76.7 Å². The Morgan fingerprint density at radius 1 is 0.926 bits per heavy atom. The number of rotatable bonds is 4. The monoisotopic (exact) mass is 370 g/mol. The van der Waals surface area contributed by atoms with Crippen molar-refractivity contribution in [1.29, 1.82) is 0 Å². The third-order valence-electron chi connectivity index (χ3n) is 6.66. The molecule has 3 rings (SSSR count). The highest BCUT2D eigenvalue weighted by Gasteiger charge is 2.29. The summed E-state index contributed by atoms with van der Waals surface area (Å²) in [4.78, 5) is 0. The maximum absolute atomic E-state index is 13.2. The molecule has 0 saturated heterocycles. The van der Waals surface area contributed by atoms with Gasteiger partial charge in [-0.15, -0.1) is 0 Å². The summed E-state index contributed by atoms with van der Waals surface area (Å²) in [5, 5.41) is 0. The molecule has 0 aromatic heterocycles. The zero-order valence-electron chi connectivity index (χ0n) is 16.5. The first-order valence-corrected chi connectivity index (χ1v) is 10.8. The molecule has 0 N–H and O–H groups in total. The van der Waals surface area contributed by atoms with E-state index in [1.807, 2.05) is 6.08 Å². The quantitative estimate of drug-likeness (QED) is 0.488. The SMILES string of the molecule is CCCC1CCC(C2CCC(C=CC#Cc3ccc(F)c(F)c3)CC2)CC1. The predicted octanol–water partition coefficient (Wildman–Crippen LogP) is 7.29. The fraction of sp³-hybridized carbons (Fsp3) is 0.600. The van der Waals surface area contributed by atoms with Crippen LogP contribution in [0.25, 0.3) is 0 Å². The Balaban J connectivity index is 1.41. The summed E-state index contributed by atoms with van der Waals surface area (Å²) in [5.41, 5.74) is 0.515. The van der Waals surface area contributed by atoms with Crippen LogP contribution in [0.3, 0.4) is 0 Å². The van der Waals surface area contributed by atoms with E-state index in [4.69, 9.17) is 0 Å². The molecule has 27 heavy (non-hydrogen) atoms. The van der Waals surface area contributed by atoms with Crippen molar-refractivity contribution < 1.29 is 8.78 Å². The molecule has 0 amide bonds. The van der Waals surface area contributed by atoms with Gasteiger partial charge in [0.2, 0.25) is 0 Å². The van der Waals surface area contributed by atoms with Crippen LogP contribution in [-0.4, -0.2) is 0 Å². The fourth-order valence-electron chi connectivity index (χ4n) is 5.05. The minimum atomic E-state index is -0.840. The summed E-state index contributed by atoms with van der Waals surface area (Å²) < 4.78 is 26.1. The van der Waals surface area contributed by atoms with Gasteiger partial charge in [0.05, 0.1) is 0 Å². The van der Waals surface area contributed by atoms with E-state index in [-0.39, 0.29) is 0 Å². The van der Waals surface area contributed by atoms with E-state index in [1.54, 1.807) is 0 Å². The van der Waals surface area contributed by atoms with Crippen molar-refractivity contribution in [1.82, 2.24) is 0 Å². The van der Waals surface area contributed by atoms with Crippen molar-refractivity contribution in [2.75, 3.05) is 0 Å². The second-order valence-electron chi connectivity index (χ2n) is 8.50. The van der Waals surface area contributed by atoms with Crippen molar-refractivity contribution >= 4 is 0 Å². The fourth-order valence-corrected chi connectivity index (χ4v) is 5.05. The number of allylic oxidation sites excluding steroid dienone is 2. The van der Waals surface area contributed by atoms with E-state index < -0.39 is 11.6 Å². The van der Waals surface area contributed by atoms with Gasteiger partial charge < -0.3 is 0 Å². The van der Waals surface area contributed by atoms with Crippen LogP contribution in [0, 0.1) is 47.1 Å². The van der Waals surface area contributed by atoms with Crippen LogP contribution >= 0.6 is 0 Å². The average Bonchev–Trinajstić information content (AvgIpc) is 2.69. The van der Waals surface area contributed by atoms with Gasteiger partial charge in [-0.2, -0.15) is 0 Å². The molecule has 2 heteroatoms. The summed E-state index contributed by atoms with van der Waals surface area (Å²) >= 11 is 0. The number of hydrogen-bond acceptors (Lipinski definition) is 0. The molecule has 2 saturated carbocycles. The van der Waals surface area contributed by atoms with Gasteiger partial charge in [-0.05, 0) is 86.5 Å². The Hall–Kier alpha value is -1.62. The third-order valence-corrected chi connectivity index (χ3v) is 6.66. The molecule has 0 atom stereocenters. The molecule has 2 aliphatic rings. The summed E-state index contributed by atoms with van der Waals surface area (Å²) in [6.45, 7) is 2.31. The highest BCUT2D eigenvalue weighted by Crippen LogP contribution is 2.42. The molecule has 0 spiro atoms. The Bertz CT molecular complexity index is 678. The van der Waals surface area contributed by atoms with Crippen molar-refractivity contribution in [3.05, 3.63) is 47.5 Å². The van der Waals surface area contributed by atoms with E-state index in [0.29, 0.717) is 11.5 Å². The van der Waals surface area contributed by atoms with E-state index in [2.05, 4.69) is 24.8 Å². The maximum atomic E-state index is 13.2. The lowest BCUT2D eigenvalue weighted by Crippen LogP contribution is -2.25. The molecule has 2 fully saturated rings. The second kappa shape index (κ2) is 10.1. The molecule has 0 nitrogen and oxygen atoms in total. The van der Waals surface area contributed by atoms with Gasteiger partial charge in [-0.25, -0.2) is 8.78 Å². The molecule has 1 aromatic carbocycles. The molecule has 0 bridgehead atoms. The average molecular weight is 371 g/mol. The summed E-state index contributed by atoms with van der Waals surface area (Å²) in [6.07, 6.45) is 17.9. The lowest BCUT2D eigenvalue weighted by Gasteiger charge is -2.37. The Morgan fingerprint density at radius 2 is 1.59 bits per heavy atom. The minimum Gasteiger partial charge on any atom is -0.204 e. The Kier molecular flexibility index (Phi) is 7.50. The van der Waals surface area contributed by atoms with Crippen LogP contribution in [0.4, 0.5) is 8.78 Å². The summed E-state index contributed by atoms with van der Waals surface area (Å²) in [6, 6.07) is 3.79. The first-order valence-electron chi connectivity index (χ1n) is 10.8. The predicted molar refractivity (Wildman–Crippen MR) is 108 cm³/mol. The first-order chi connectivity index (χ1) is 13.2. The van der Waals surface area contributed by atoms with E-state index in [1.165, 1.54) is 70.3 Å². The number of benzene rings is 1. The van der Waals surface area contributed by atoms with E-state index in [9.17, 15) is 8.78 Å². The van der Waals surface area contributed by atoms with Gasteiger partial charge in [-0.3, -0.25) is 0 Å². The van der Waals surface area contributed by atoms with Gasteiger partial charge >= 0.3 is 0 Å². The topological polar surface area (TPSA) is 0 Å². The van der Waals surface area contributed by atoms with Crippen LogP contribution in [0.15, 0.2) is 30.4 Å². The largest absolute Gasteiger partial charge is 0.204 e. The van der Waals surface area contributed by atoms with Gasteiger partial charge in [0.25, 0.3) is 0 Å². The normalized spacial score (nSPS) is 28.7. The number of hydrogen-bond donors (Lipinski definition) is 0. The van der Waals surface area contributed by atoms with Crippen molar-refractivity contribution in [3.8, 4) is 11.8 Å². The molecule has 0 heterocycles. The standard InChI is InChI=1S/C25H32F2/c1-2-5-19-8-13-22(14-9-19)23-15-10-20(11-16-23)6-3-4-7-21-12-17-24(26)25(27)18-21/h3,6,12,17-20,22-23H,2,5,8-11,13-16H2,1H3. The van der Waals surface area contributed by atoms with E-state index in [0.717, 1.165) is 29.9 Å². The van der Waals surface area contributed by atoms with Crippen LogP contribution < -0.4 is 0 Å². The summed E-state index contributed by atoms with van der Waals surface area (Å²) in [7, 11) is 0. The molecule has 0 radical (unpaired) electrons. The van der Waals surface area contributed by atoms with Gasteiger partial charge in [-0.1, -0.05) is 50.5 Å². The third kappa shape index (κ3) is 5.93. The van der Waals surface area contributed by atoms with Crippen molar-refractivity contribution in [2.24, 2.45) is 23.7 Å². The molecule has 0 unspecified atom stereocenters. The van der Waals surface area contributed by atoms with Crippen LogP contribution in [-0.2, 0) is 0 Å². The van der Waals surface area contributed by atoms with Crippen LogP contribution in [0.5, 0.6) is 0 Å². The van der Waals surface area contributed by atoms with E-state index >= 15 is 0 Å². The molecular weight excluding hydrogens is 338 g/mol. The molecule has 0 aliphatic heterocycles. The van der Waals surface area contributed by atoms with Crippen molar-refractivity contribution in [3.63, 3.8) is 0 Å². The van der Waals surface area contributed by atoms with Crippen LogP contribution in [0.2, 0.25) is 0 Å². The smallest absolute Gasteiger partial charge is 0.160 e. The second-order valence-corrected chi connectivity index (χ2v) is 8.50. The zero-order valence-corrected chi connectivity index (χ0v) is 16.5. The van der Waals surface area contributed by atoms with Gasteiger partial charge in [0.1, 0.15) is 0 Å². The Labute approximate surface area is 163 Å². The highest BCUT2D eigenvalue weighted by atomic mass is 19.2. The number of halogens is 2. The zero-order chi connectivity index (χ0) is 19.1. The molecular formula is C25H32F2. The lowest BCUT2D eigenvalue weighted by atomic mass is 9.69. The van der Waals surface area contributed by atoms with Gasteiger partial charge in [0.15, 0.2) is 11.6 Å². The highest BCUT2D eigenvalue weighted by molar-refractivity contribution is 5.37. The minimum absolute atomic E-state index is 0.515. The Morgan fingerprint density at radius 3 is 2.22 bits per heavy atom. The van der Waals surface area contributed by atoms with Gasteiger partial charge in [0, 0.05) is 5.56 Å². The maximum Gasteiger partial charge on any atom is 0.160 e. The molecule has 2 aliphatic carbocycles. The molecule has 1 aromatic rings. The summed E-state index contributed by atoms with van der Waals surface area (Å²) in [5.74, 6) is 7.71. The lowest BCUT2D eigenvalue weighted by molar-refractivity contribution is 0.152. The first kappa shape index (κ1) is 20.1. The van der Waals surface area contributed by atoms with Crippen molar-refractivity contribution in [2.45, 2.75) is 71.1 Å². The molecule has 146 valence electrons.